The number of H-pyrrole nitrogens is 1. The van der Waals surface area contributed by atoms with E-state index < -0.39 is 0 Å². The van der Waals surface area contributed by atoms with Crippen molar-refractivity contribution in [1.82, 2.24) is 20.0 Å². The zero-order valence-corrected chi connectivity index (χ0v) is 10.5. The molecular formula is C9H17N5OS. The van der Waals surface area contributed by atoms with Crippen molar-refractivity contribution in [3.63, 3.8) is 0 Å². The molecule has 0 saturated carbocycles. The second-order valence-corrected chi connectivity index (χ2v) is 4.20. The Morgan fingerprint density at radius 1 is 1.69 bits per heavy atom. The number of aryl methyl sites for hydroxylation is 1. The first-order valence-electron chi connectivity index (χ1n) is 4.96. The van der Waals surface area contributed by atoms with Crippen molar-refractivity contribution in [1.29, 1.82) is 0 Å². The highest BCUT2D eigenvalue weighted by Crippen LogP contribution is 2.08. The monoisotopic (exact) mass is 243 g/mol. The molecule has 0 atom stereocenters. The summed E-state index contributed by atoms with van der Waals surface area (Å²) >= 11 is 1.37. The molecule has 6 nitrogen and oxygen atoms in total. The largest absolute Gasteiger partial charge is 0.358 e. The minimum atomic E-state index is -0.178. The summed E-state index contributed by atoms with van der Waals surface area (Å²) in [7, 11) is 3.56. The number of carbonyl (C=O) groups is 1. The van der Waals surface area contributed by atoms with E-state index in [1.807, 2.05) is 25.1 Å². The van der Waals surface area contributed by atoms with Crippen LogP contribution in [0.3, 0.4) is 0 Å². The molecule has 2 amide bonds. The van der Waals surface area contributed by atoms with Gasteiger partial charge in [-0.25, -0.2) is 9.78 Å². The third kappa shape index (κ3) is 4.01. The standard InChI is InChI=1S/C9H17N5OS/c1-7-11-6-8(12-7)14(3)4-5-16-13-9(15)10-2/h6H,4-5H2,1-3H3,(H,11,12)(H2,10,13,15). The summed E-state index contributed by atoms with van der Waals surface area (Å²) in [6, 6.07) is -0.178. The smallest absolute Gasteiger partial charge is 0.324 e. The van der Waals surface area contributed by atoms with Crippen LogP contribution in [0.1, 0.15) is 5.82 Å². The van der Waals surface area contributed by atoms with E-state index in [4.69, 9.17) is 0 Å². The number of aromatic amines is 1. The van der Waals surface area contributed by atoms with Crippen LogP contribution in [-0.2, 0) is 0 Å². The number of nitrogens with one attached hydrogen (secondary N) is 3. The molecule has 3 N–H and O–H groups in total. The average Bonchev–Trinajstić information content (AvgIpc) is 2.70. The summed E-state index contributed by atoms with van der Waals surface area (Å²) < 4.78 is 2.66. The normalized spacial score (nSPS) is 9.94. The number of rotatable bonds is 5. The lowest BCUT2D eigenvalue weighted by molar-refractivity contribution is 0.248. The van der Waals surface area contributed by atoms with Gasteiger partial charge in [0, 0.05) is 32.6 Å². The van der Waals surface area contributed by atoms with Crippen molar-refractivity contribution in [3.8, 4) is 0 Å². The van der Waals surface area contributed by atoms with Gasteiger partial charge in [-0.1, -0.05) is 0 Å². The van der Waals surface area contributed by atoms with Gasteiger partial charge in [-0.05, 0) is 18.9 Å². The molecule has 1 aromatic heterocycles. The van der Waals surface area contributed by atoms with Crippen LogP contribution in [0, 0.1) is 6.92 Å². The maximum absolute atomic E-state index is 10.9. The number of hydrogen-bond donors (Lipinski definition) is 3. The SMILES string of the molecule is CNC(=O)NSCCN(C)c1c[nH]c(C)n1. The molecule has 0 fully saturated rings. The van der Waals surface area contributed by atoms with E-state index in [-0.39, 0.29) is 6.03 Å². The molecule has 16 heavy (non-hydrogen) atoms. The molecule has 0 radical (unpaired) electrons. The highest BCUT2D eigenvalue weighted by Gasteiger charge is 2.04. The van der Waals surface area contributed by atoms with Gasteiger partial charge in [-0.15, -0.1) is 0 Å². The second kappa shape index (κ2) is 6.26. The summed E-state index contributed by atoms with van der Waals surface area (Å²) in [5.41, 5.74) is 0. The predicted molar refractivity (Wildman–Crippen MR) is 66.6 cm³/mol. The van der Waals surface area contributed by atoms with Crippen LogP contribution in [0.15, 0.2) is 6.20 Å². The van der Waals surface area contributed by atoms with Crippen LogP contribution in [0.5, 0.6) is 0 Å². The first kappa shape index (κ1) is 12.7. The van der Waals surface area contributed by atoms with Crippen molar-refractivity contribution in [2.24, 2.45) is 0 Å². The van der Waals surface area contributed by atoms with E-state index in [1.165, 1.54) is 11.9 Å². The summed E-state index contributed by atoms with van der Waals surface area (Å²) in [4.78, 5) is 20.2. The topological polar surface area (TPSA) is 73.1 Å². The van der Waals surface area contributed by atoms with Crippen molar-refractivity contribution in [3.05, 3.63) is 12.0 Å². The zero-order valence-electron chi connectivity index (χ0n) is 9.70. The molecule has 0 spiro atoms. The van der Waals surface area contributed by atoms with E-state index in [1.54, 1.807) is 7.05 Å². The van der Waals surface area contributed by atoms with E-state index in [0.717, 1.165) is 23.9 Å². The molecule has 0 saturated heterocycles. The number of anilines is 1. The van der Waals surface area contributed by atoms with Crippen LogP contribution in [0.4, 0.5) is 10.6 Å². The quantitative estimate of drug-likeness (QED) is 0.526. The van der Waals surface area contributed by atoms with Crippen LogP contribution in [-0.4, -0.2) is 42.4 Å². The minimum Gasteiger partial charge on any atom is -0.358 e. The van der Waals surface area contributed by atoms with Crippen LogP contribution in [0.25, 0.3) is 0 Å². The fourth-order valence-electron chi connectivity index (χ4n) is 1.07. The highest BCUT2D eigenvalue weighted by atomic mass is 32.2. The third-order valence-electron chi connectivity index (χ3n) is 2.00. The lowest BCUT2D eigenvalue weighted by Crippen LogP contribution is -2.29. The Morgan fingerprint density at radius 3 is 3.00 bits per heavy atom. The molecule has 0 aromatic carbocycles. The molecule has 7 heteroatoms. The Labute approximate surface area is 99.3 Å². The molecule has 0 aliphatic carbocycles. The van der Waals surface area contributed by atoms with E-state index in [9.17, 15) is 4.79 Å². The number of imidazole rings is 1. The summed E-state index contributed by atoms with van der Waals surface area (Å²) in [6.07, 6.45) is 1.87. The lowest BCUT2D eigenvalue weighted by atomic mass is 10.6. The molecule has 0 aliphatic heterocycles. The van der Waals surface area contributed by atoms with Gasteiger partial charge in [-0.3, -0.25) is 4.72 Å². The number of amides is 2. The van der Waals surface area contributed by atoms with Crippen LogP contribution >= 0.6 is 11.9 Å². The number of nitrogens with zero attached hydrogens (tertiary/aromatic N) is 2. The maximum atomic E-state index is 10.9. The molecule has 1 aromatic rings. The van der Waals surface area contributed by atoms with E-state index in [0.29, 0.717) is 0 Å². The summed E-state index contributed by atoms with van der Waals surface area (Å²) in [6.45, 7) is 2.73. The van der Waals surface area contributed by atoms with E-state index in [2.05, 4.69) is 20.0 Å². The number of carbonyl (C=O) groups excluding carboxylic acids is 1. The van der Waals surface area contributed by atoms with Gasteiger partial charge >= 0.3 is 6.03 Å². The molecule has 0 bridgehead atoms. The Morgan fingerprint density at radius 2 is 2.44 bits per heavy atom. The van der Waals surface area contributed by atoms with Crippen LogP contribution in [0.2, 0.25) is 0 Å². The summed E-state index contributed by atoms with van der Waals surface area (Å²) in [5.74, 6) is 2.62. The maximum Gasteiger partial charge on any atom is 0.324 e. The van der Waals surface area contributed by atoms with Gasteiger partial charge in [0.05, 0.1) is 0 Å². The number of urea groups is 1. The predicted octanol–water partition coefficient (Wildman–Crippen LogP) is 0.732. The first-order valence-corrected chi connectivity index (χ1v) is 5.94. The molecule has 1 heterocycles. The van der Waals surface area contributed by atoms with Gasteiger partial charge < -0.3 is 15.2 Å². The van der Waals surface area contributed by atoms with Crippen molar-refractivity contribution >= 4 is 23.8 Å². The Kier molecular flexibility index (Phi) is 4.97. The summed E-state index contributed by atoms with van der Waals surface area (Å²) in [5, 5.41) is 2.49. The van der Waals surface area contributed by atoms with E-state index >= 15 is 0 Å². The van der Waals surface area contributed by atoms with Gasteiger partial charge in [0.15, 0.2) is 0 Å². The fourth-order valence-corrected chi connectivity index (χ4v) is 1.77. The minimum absolute atomic E-state index is 0.178. The third-order valence-corrected chi connectivity index (χ3v) is 2.72. The van der Waals surface area contributed by atoms with Crippen molar-refractivity contribution in [2.45, 2.75) is 6.92 Å². The van der Waals surface area contributed by atoms with Crippen molar-refractivity contribution < 1.29 is 4.79 Å². The zero-order chi connectivity index (χ0) is 12.0. The molecule has 90 valence electrons. The Bertz CT molecular complexity index is 340. The number of aromatic nitrogens is 2. The van der Waals surface area contributed by atoms with Crippen molar-refractivity contribution in [2.75, 3.05) is 31.3 Å². The lowest BCUT2D eigenvalue weighted by Gasteiger charge is -2.15. The molecule has 0 unspecified atom stereocenters. The second-order valence-electron chi connectivity index (χ2n) is 3.30. The molecule has 1 rings (SSSR count). The van der Waals surface area contributed by atoms with Crippen LogP contribution < -0.4 is 14.9 Å². The van der Waals surface area contributed by atoms with Gasteiger partial charge in [0.1, 0.15) is 11.6 Å². The van der Waals surface area contributed by atoms with Gasteiger partial charge in [0.25, 0.3) is 0 Å². The fraction of sp³-hybridized carbons (Fsp3) is 0.556. The number of hydrogen-bond acceptors (Lipinski definition) is 4. The first-order chi connectivity index (χ1) is 7.63. The molecular weight excluding hydrogens is 226 g/mol. The van der Waals surface area contributed by atoms with Gasteiger partial charge in [-0.2, -0.15) is 0 Å². The Balaban J connectivity index is 2.20. The Hall–Kier alpha value is -1.37. The highest BCUT2D eigenvalue weighted by molar-refractivity contribution is 7.97. The van der Waals surface area contributed by atoms with Gasteiger partial charge in [0.2, 0.25) is 0 Å². The molecule has 0 aliphatic rings. The average molecular weight is 243 g/mol.